The van der Waals surface area contributed by atoms with Gasteiger partial charge < -0.3 is 14.7 Å². The van der Waals surface area contributed by atoms with Crippen LogP contribution in [-0.2, 0) is 4.74 Å². The van der Waals surface area contributed by atoms with Gasteiger partial charge >= 0.3 is 6.09 Å². The van der Waals surface area contributed by atoms with Crippen molar-refractivity contribution in [3.63, 3.8) is 0 Å². The molecule has 1 rings (SSSR count). The fourth-order valence-corrected chi connectivity index (χ4v) is 1.48. The van der Waals surface area contributed by atoms with Crippen LogP contribution in [0.15, 0.2) is 0 Å². The summed E-state index contributed by atoms with van der Waals surface area (Å²) < 4.78 is 4.90. The quantitative estimate of drug-likeness (QED) is 0.712. The van der Waals surface area contributed by atoms with Crippen molar-refractivity contribution in [3.05, 3.63) is 0 Å². The van der Waals surface area contributed by atoms with Crippen molar-refractivity contribution in [2.75, 3.05) is 19.8 Å². The molecule has 1 heterocycles. The number of cyclic esters (lactones) is 1. The van der Waals surface area contributed by atoms with Gasteiger partial charge in [0.1, 0.15) is 0 Å². The zero-order chi connectivity index (χ0) is 9.84. The Morgan fingerprint density at radius 1 is 1.69 bits per heavy atom. The van der Waals surface area contributed by atoms with E-state index in [9.17, 15) is 4.79 Å². The molecule has 0 bridgehead atoms. The molecule has 1 unspecified atom stereocenters. The minimum atomic E-state index is -0.293. The van der Waals surface area contributed by atoms with E-state index in [0.717, 1.165) is 6.42 Å². The molecule has 1 aliphatic heterocycles. The standard InChI is InChI=1S/C9H17NO3/c1-7(2)5-10-8(6-11)3-4-13-9(10)12/h7-8,11H,3-6H2,1-2H3. The molecule has 1 N–H and O–H groups in total. The van der Waals surface area contributed by atoms with Gasteiger partial charge in [0.2, 0.25) is 0 Å². The molecule has 0 aliphatic carbocycles. The number of rotatable bonds is 3. The first-order valence-corrected chi connectivity index (χ1v) is 4.69. The molecule has 0 aromatic heterocycles. The lowest BCUT2D eigenvalue weighted by atomic mass is 10.1. The number of nitrogens with zero attached hydrogens (tertiary/aromatic N) is 1. The molecule has 0 saturated carbocycles. The van der Waals surface area contributed by atoms with Gasteiger partial charge in [0.25, 0.3) is 0 Å². The highest BCUT2D eigenvalue weighted by Gasteiger charge is 2.29. The average molecular weight is 187 g/mol. The summed E-state index contributed by atoms with van der Waals surface area (Å²) in [5.74, 6) is 0.402. The third-order valence-electron chi connectivity index (χ3n) is 2.12. The molecule has 0 aromatic rings. The van der Waals surface area contributed by atoms with Gasteiger partial charge in [0.05, 0.1) is 19.3 Å². The van der Waals surface area contributed by atoms with Gasteiger partial charge in [-0.3, -0.25) is 0 Å². The maximum absolute atomic E-state index is 11.3. The van der Waals surface area contributed by atoms with Crippen molar-refractivity contribution in [1.82, 2.24) is 4.90 Å². The maximum Gasteiger partial charge on any atom is 0.410 e. The van der Waals surface area contributed by atoms with E-state index in [1.807, 2.05) is 13.8 Å². The number of aliphatic hydroxyl groups excluding tert-OH is 1. The van der Waals surface area contributed by atoms with Crippen LogP contribution in [0.2, 0.25) is 0 Å². The first-order valence-electron chi connectivity index (χ1n) is 4.69. The number of hydrogen-bond acceptors (Lipinski definition) is 3. The van der Waals surface area contributed by atoms with Gasteiger partial charge in [-0.05, 0) is 5.92 Å². The number of hydrogen-bond donors (Lipinski definition) is 1. The van der Waals surface area contributed by atoms with Gasteiger partial charge in [-0.15, -0.1) is 0 Å². The van der Waals surface area contributed by atoms with Crippen LogP contribution >= 0.6 is 0 Å². The molecular formula is C9H17NO3. The second-order valence-corrected chi connectivity index (χ2v) is 3.79. The molecule has 1 aliphatic rings. The number of aliphatic hydroxyl groups is 1. The lowest BCUT2D eigenvalue weighted by Gasteiger charge is -2.34. The van der Waals surface area contributed by atoms with Crippen molar-refractivity contribution >= 4 is 6.09 Å². The van der Waals surface area contributed by atoms with Crippen LogP contribution in [0, 0.1) is 5.92 Å². The van der Waals surface area contributed by atoms with Crippen LogP contribution in [-0.4, -0.2) is 41.9 Å². The van der Waals surface area contributed by atoms with Crippen molar-refractivity contribution in [1.29, 1.82) is 0 Å². The predicted octanol–water partition coefficient (Wildman–Crippen LogP) is 0.846. The molecule has 76 valence electrons. The van der Waals surface area contributed by atoms with E-state index in [0.29, 0.717) is 19.1 Å². The topological polar surface area (TPSA) is 49.8 Å². The zero-order valence-corrected chi connectivity index (χ0v) is 8.19. The number of ether oxygens (including phenoxy) is 1. The Balaban J connectivity index is 2.56. The molecule has 0 radical (unpaired) electrons. The first-order chi connectivity index (χ1) is 6.15. The molecule has 1 saturated heterocycles. The molecule has 4 nitrogen and oxygen atoms in total. The largest absolute Gasteiger partial charge is 0.449 e. The SMILES string of the molecule is CC(C)CN1C(=O)OCCC1CO. The van der Waals surface area contributed by atoms with E-state index in [2.05, 4.69) is 0 Å². The maximum atomic E-state index is 11.3. The summed E-state index contributed by atoms with van der Waals surface area (Å²) in [7, 11) is 0. The summed E-state index contributed by atoms with van der Waals surface area (Å²) in [5.41, 5.74) is 0. The normalized spacial score (nSPS) is 23.5. The van der Waals surface area contributed by atoms with Gasteiger partial charge in [-0.1, -0.05) is 13.8 Å². The van der Waals surface area contributed by atoms with Crippen molar-refractivity contribution in [2.45, 2.75) is 26.3 Å². The Morgan fingerprint density at radius 3 is 2.92 bits per heavy atom. The lowest BCUT2D eigenvalue weighted by Crippen LogP contribution is -2.48. The molecule has 1 atom stereocenters. The van der Waals surface area contributed by atoms with Gasteiger partial charge in [0, 0.05) is 13.0 Å². The van der Waals surface area contributed by atoms with Crippen molar-refractivity contribution in [3.8, 4) is 0 Å². The fourth-order valence-electron chi connectivity index (χ4n) is 1.48. The van der Waals surface area contributed by atoms with E-state index >= 15 is 0 Å². The van der Waals surface area contributed by atoms with Crippen molar-refractivity contribution in [2.24, 2.45) is 5.92 Å². The van der Waals surface area contributed by atoms with Gasteiger partial charge in [-0.25, -0.2) is 4.79 Å². The Hall–Kier alpha value is -0.770. The van der Waals surface area contributed by atoms with E-state index in [1.165, 1.54) is 0 Å². The summed E-state index contributed by atoms with van der Waals surface area (Å²) in [6.45, 7) is 5.19. The minimum absolute atomic E-state index is 0.0296. The van der Waals surface area contributed by atoms with E-state index < -0.39 is 0 Å². The highest BCUT2D eigenvalue weighted by molar-refractivity contribution is 5.68. The smallest absolute Gasteiger partial charge is 0.410 e. The Morgan fingerprint density at radius 2 is 2.38 bits per heavy atom. The average Bonchev–Trinajstić information content (AvgIpc) is 2.08. The third kappa shape index (κ3) is 2.59. The number of amides is 1. The molecular weight excluding hydrogens is 170 g/mol. The van der Waals surface area contributed by atoms with Crippen LogP contribution in [0.3, 0.4) is 0 Å². The summed E-state index contributed by atoms with van der Waals surface area (Å²) in [4.78, 5) is 12.9. The minimum Gasteiger partial charge on any atom is -0.449 e. The highest BCUT2D eigenvalue weighted by Crippen LogP contribution is 2.14. The molecule has 1 fully saturated rings. The fraction of sp³-hybridized carbons (Fsp3) is 0.889. The van der Waals surface area contributed by atoms with Crippen LogP contribution in [0.1, 0.15) is 20.3 Å². The molecule has 13 heavy (non-hydrogen) atoms. The second-order valence-electron chi connectivity index (χ2n) is 3.79. The Labute approximate surface area is 78.5 Å². The van der Waals surface area contributed by atoms with E-state index in [4.69, 9.17) is 9.84 Å². The zero-order valence-electron chi connectivity index (χ0n) is 8.19. The summed E-state index contributed by atoms with van der Waals surface area (Å²) in [6.07, 6.45) is 0.439. The van der Waals surface area contributed by atoms with Gasteiger partial charge in [-0.2, -0.15) is 0 Å². The number of carbonyl (C=O) groups excluding carboxylic acids is 1. The Kier molecular flexibility index (Phi) is 3.54. The first kappa shape index (κ1) is 10.3. The summed E-state index contributed by atoms with van der Waals surface area (Å²) in [6, 6.07) is -0.0522. The molecule has 0 aromatic carbocycles. The van der Waals surface area contributed by atoms with Gasteiger partial charge in [0.15, 0.2) is 0 Å². The van der Waals surface area contributed by atoms with Crippen LogP contribution < -0.4 is 0 Å². The van der Waals surface area contributed by atoms with E-state index in [-0.39, 0.29) is 18.7 Å². The monoisotopic (exact) mass is 187 g/mol. The summed E-state index contributed by atoms with van der Waals surface area (Å²) in [5, 5.41) is 9.04. The number of carbonyl (C=O) groups is 1. The second kappa shape index (κ2) is 4.46. The molecule has 4 heteroatoms. The van der Waals surface area contributed by atoms with Crippen LogP contribution in [0.25, 0.3) is 0 Å². The summed E-state index contributed by atoms with van der Waals surface area (Å²) >= 11 is 0. The predicted molar refractivity (Wildman–Crippen MR) is 48.4 cm³/mol. The van der Waals surface area contributed by atoms with E-state index in [1.54, 1.807) is 4.90 Å². The lowest BCUT2D eigenvalue weighted by molar-refractivity contribution is 0.0205. The highest BCUT2D eigenvalue weighted by atomic mass is 16.6. The Bertz CT molecular complexity index is 182. The molecule has 1 amide bonds. The van der Waals surface area contributed by atoms with Crippen molar-refractivity contribution < 1.29 is 14.6 Å². The van der Waals surface area contributed by atoms with Crippen LogP contribution in [0.4, 0.5) is 4.79 Å². The van der Waals surface area contributed by atoms with Crippen LogP contribution in [0.5, 0.6) is 0 Å². The third-order valence-corrected chi connectivity index (χ3v) is 2.12. The molecule has 0 spiro atoms.